The molecule has 0 bridgehead atoms. The van der Waals surface area contributed by atoms with Crippen LogP contribution in [0.25, 0.3) is 87.6 Å². The maximum Gasteiger partial charge on any atom is 0.137 e. The number of fused-ring (bicyclic) bond motifs is 7. The summed E-state index contributed by atoms with van der Waals surface area (Å²) < 4.78 is 6.37. The second-order valence-corrected chi connectivity index (χ2v) is 14.5. The summed E-state index contributed by atoms with van der Waals surface area (Å²) in [5.74, 6) is 0. The van der Waals surface area contributed by atoms with E-state index in [0.29, 0.717) is 0 Å². The Hall–Kier alpha value is -7.42. The smallest absolute Gasteiger partial charge is 0.137 e. The zero-order chi connectivity index (χ0) is 37.0. The Morgan fingerprint density at radius 3 is 1.46 bits per heavy atom. The molecular formula is C54H35NO. The fraction of sp³-hybridized carbons (Fsp3) is 0. The highest BCUT2D eigenvalue weighted by molar-refractivity contribution is 6.13. The van der Waals surface area contributed by atoms with Crippen molar-refractivity contribution in [2.24, 2.45) is 0 Å². The van der Waals surface area contributed by atoms with Crippen molar-refractivity contribution in [3.63, 3.8) is 0 Å². The molecule has 0 amide bonds. The number of nitrogens with zero attached hydrogens (tertiary/aromatic N) is 1. The van der Waals surface area contributed by atoms with Gasteiger partial charge in [0.05, 0.1) is 11.1 Å². The van der Waals surface area contributed by atoms with Crippen molar-refractivity contribution in [3.8, 4) is 33.4 Å². The van der Waals surface area contributed by atoms with Crippen LogP contribution in [-0.2, 0) is 0 Å². The number of para-hydroxylation sites is 1. The van der Waals surface area contributed by atoms with Gasteiger partial charge in [0.15, 0.2) is 0 Å². The summed E-state index contributed by atoms with van der Waals surface area (Å²) in [6.45, 7) is 0. The number of rotatable bonds is 6. The molecule has 262 valence electrons. The van der Waals surface area contributed by atoms with E-state index < -0.39 is 0 Å². The SMILES string of the molecule is c1ccc2cc(-c3ccc(-c4ccc(N(c5ccc(-c6ccc7c(ccc8ccccc87)c6)cc5)c5cccc6oc7ccccc7c56)cc4)cc3)ccc2c1. The molecule has 2 nitrogen and oxygen atoms in total. The van der Waals surface area contributed by atoms with Gasteiger partial charge in [0.25, 0.3) is 0 Å². The Labute approximate surface area is 325 Å². The van der Waals surface area contributed by atoms with Crippen LogP contribution in [-0.4, -0.2) is 0 Å². The number of anilines is 3. The van der Waals surface area contributed by atoms with E-state index >= 15 is 0 Å². The standard InChI is InChI=1S/C54H35NO/c1-2-10-42-34-43(22-20-36(42)8-1)39-18-16-37(17-19-39)38-24-29-46(30-25-38)55(51-13-7-15-53-54(51)50-12-5-6-14-52(50)56-53)47-31-26-40(27-32-47)44-28-33-49-45(35-44)23-21-41-9-3-4-11-48(41)49/h1-35H. The van der Waals surface area contributed by atoms with Gasteiger partial charge in [-0.05, 0) is 120 Å². The van der Waals surface area contributed by atoms with Gasteiger partial charge in [-0.1, -0.05) is 158 Å². The van der Waals surface area contributed by atoms with Crippen LogP contribution < -0.4 is 4.90 Å². The van der Waals surface area contributed by atoms with Crippen LogP contribution in [0.4, 0.5) is 17.1 Å². The molecule has 0 aliphatic carbocycles. The number of furan rings is 1. The van der Waals surface area contributed by atoms with E-state index in [1.54, 1.807) is 0 Å². The molecule has 11 rings (SSSR count). The maximum absolute atomic E-state index is 6.37. The van der Waals surface area contributed by atoms with Crippen LogP contribution in [0.1, 0.15) is 0 Å². The second-order valence-electron chi connectivity index (χ2n) is 14.5. The summed E-state index contributed by atoms with van der Waals surface area (Å²) in [6, 6.07) is 76.5. The zero-order valence-corrected chi connectivity index (χ0v) is 30.6. The highest BCUT2D eigenvalue weighted by Gasteiger charge is 2.19. The van der Waals surface area contributed by atoms with E-state index in [-0.39, 0.29) is 0 Å². The van der Waals surface area contributed by atoms with Crippen molar-refractivity contribution < 1.29 is 4.42 Å². The molecule has 0 saturated carbocycles. The number of hydrogen-bond acceptors (Lipinski definition) is 2. The van der Waals surface area contributed by atoms with E-state index in [2.05, 4.69) is 205 Å². The lowest BCUT2D eigenvalue weighted by Crippen LogP contribution is -2.10. The third-order valence-corrected chi connectivity index (χ3v) is 11.3. The number of benzene rings is 10. The second kappa shape index (κ2) is 13.2. The lowest BCUT2D eigenvalue weighted by Gasteiger charge is -2.26. The van der Waals surface area contributed by atoms with Crippen LogP contribution in [0.2, 0.25) is 0 Å². The third-order valence-electron chi connectivity index (χ3n) is 11.3. The summed E-state index contributed by atoms with van der Waals surface area (Å²) in [7, 11) is 0. The third kappa shape index (κ3) is 5.51. The monoisotopic (exact) mass is 713 g/mol. The topological polar surface area (TPSA) is 16.4 Å². The van der Waals surface area contributed by atoms with E-state index in [9.17, 15) is 0 Å². The van der Waals surface area contributed by atoms with E-state index in [0.717, 1.165) is 39.0 Å². The van der Waals surface area contributed by atoms with E-state index in [1.807, 2.05) is 12.1 Å². The van der Waals surface area contributed by atoms with Gasteiger partial charge in [-0.15, -0.1) is 0 Å². The first kappa shape index (κ1) is 32.0. The molecule has 0 N–H and O–H groups in total. The number of hydrogen-bond donors (Lipinski definition) is 0. The molecule has 0 fully saturated rings. The summed E-state index contributed by atoms with van der Waals surface area (Å²) in [5, 5.41) is 9.79. The first-order valence-electron chi connectivity index (χ1n) is 19.2. The lowest BCUT2D eigenvalue weighted by molar-refractivity contribution is 0.669. The largest absolute Gasteiger partial charge is 0.456 e. The molecule has 1 heterocycles. The average Bonchev–Trinajstić information content (AvgIpc) is 3.66. The van der Waals surface area contributed by atoms with E-state index in [4.69, 9.17) is 4.42 Å². The molecule has 0 atom stereocenters. The quantitative estimate of drug-likeness (QED) is 0.160. The van der Waals surface area contributed by atoms with Gasteiger partial charge in [0.2, 0.25) is 0 Å². The van der Waals surface area contributed by atoms with Crippen molar-refractivity contribution in [3.05, 3.63) is 212 Å². The normalized spacial score (nSPS) is 11.6. The lowest BCUT2D eigenvalue weighted by atomic mass is 9.97. The fourth-order valence-corrected chi connectivity index (χ4v) is 8.39. The Kier molecular flexibility index (Phi) is 7.53. The molecule has 10 aromatic carbocycles. The van der Waals surface area contributed by atoms with Crippen molar-refractivity contribution in [2.45, 2.75) is 0 Å². The van der Waals surface area contributed by atoms with Crippen LogP contribution >= 0.6 is 0 Å². The molecule has 2 heteroatoms. The molecule has 0 aliphatic rings. The Morgan fingerprint density at radius 2 is 0.750 bits per heavy atom. The fourth-order valence-electron chi connectivity index (χ4n) is 8.39. The van der Waals surface area contributed by atoms with Gasteiger partial charge in [0.1, 0.15) is 11.2 Å². The summed E-state index contributed by atoms with van der Waals surface area (Å²) in [4.78, 5) is 2.35. The van der Waals surface area contributed by atoms with Crippen LogP contribution in [0.15, 0.2) is 217 Å². The van der Waals surface area contributed by atoms with Gasteiger partial charge >= 0.3 is 0 Å². The molecule has 0 aliphatic heterocycles. The summed E-state index contributed by atoms with van der Waals surface area (Å²) in [6.07, 6.45) is 0. The minimum Gasteiger partial charge on any atom is -0.456 e. The van der Waals surface area contributed by atoms with Gasteiger partial charge in [0, 0.05) is 16.8 Å². The van der Waals surface area contributed by atoms with Crippen LogP contribution in [0.3, 0.4) is 0 Å². The Bertz CT molecular complexity index is 3230. The van der Waals surface area contributed by atoms with Gasteiger partial charge in [-0.2, -0.15) is 0 Å². The van der Waals surface area contributed by atoms with Crippen LogP contribution in [0.5, 0.6) is 0 Å². The molecule has 0 spiro atoms. The zero-order valence-electron chi connectivity index (χ0n) is 30.6. The molecular weight excluding hydrogens is 679 g/mol. The van der Waals surface area contributed by atoms with Gasteiger partial charge in [-0.3, -0.25) is 0 Å². The van der Waals surface area contributed by atoms with Crippen molar-refractivity contribution in [2.75, 3.05) is 4.90 Å². The summed E-state index contributed by atoms with van der Waals surface area (Å²) >= 11 is 0. The minimum atomic E-state index is 0.872. The molecule has 0 radical (unpaired) electrons. The first-order chi connectivity index (χ1) is 27.7. The molecule has 1 aromatic heterocycles. The summed E-state index contributed by atoms with van der Waals surface area (Å²) in [5.41, 5.74) is 12.1. The highest BCUT2D eigenvalue weighted by atomic mass is 16.3. The molecule has 11 aromatic rings. The van der Waals surface area contributed by atoms with Gasteiger partial charge < -0.3 is 9.32 Å². The van der Waals surface area contributed by atoms with Crippen molar-refractivity contribution >= 4 is 71.3 Å². The first-order valence-corrected chi connectivity index (χ1v) is 19.2. The maximum atomic E-state index is 6.37. The van der Waals surface area contributed by atoms with Crippen LogP contribution in [0, 0.1) is 0 Å². The average molecular weight is 714 g/mol. The molecule has 0 unspecified atom stereocenters. The predicted molar refractivity (Wildman–Crippen MR) is 237 cm³/mol. The Balaban J connectivity index is 0.969. The molecule has 56 heavy (non-hydrogen) atoms. The van der Waals surface area contributed by atoms with Gasteiger partial charge in [-0.25, -0.2) is 0 Å². The highest BCUT2D eigenvalue weighted by Crippen LogP contribution is 2.44. The van der Waals surface area contributed by atoms with Crippen molar-refractivity contribution in [1.82, 2.24) is 0 Å². The van der Waals surface area contributed by atoms with Crippen molar-refractivity contribution in [1.29, 1.82) is 0 Å². The van der Waals surface area contributed by atoms with E-state index in [1.165, 1.54) is 65.7 Å². The molecule has 0 saturated heterocycles. The predicted octanol–water partition coefficient (Wildman–Crippen LogP) is 15.5. The Morgan fingerprint density at radius 1 is 0.286 bits per heavy atom. The minimum absolute atomic E-state index is 0.872.